The summed E-state index contributed by atoms with van der Waals surface area (Å²) in [6.45, 7) is 3.45. The fraction of sp³-hybridized carbons (Fsp3) is 0.750. The SMILES string of the molecule is c1nnc(N2CC[C@H]3CNC[C@H]32)s1. The molecular formula is C8H12N4S. The van der Waals surface area contributed by atoms with Gasteiger partial charge in [0.25, 0.3) is 0 Å². The molecule has 0 bridgehead atoms. The summed E-state index contributed by atoms with van der Waals surface area (Å²) >= 11 is 1.65. The van der Waals surface area contributed by atoms with Gasteiger partial charge >= 0.3 is 0 Å². The van der Waals surface area contributed by atoms with Crippen LogP contribution in [0.15, 0.2) is 5.51 Å². The summed E-state index contributed by atoms with van der Waals surface area (Å²) < 4.78 is 0. The van der Waals surface area contributed by atoms with Crippen LogP contribution in [0.5, 0.6) is 0 Å². The van der Waals surface area contributed by atoms with Crippen LogP contribution in [-0.4, -0.2) is 35.9 Å². The van der Waals surface area contributed by atoms with Crippen molar-refractivity contribution in [1.29, 1.82) is 0 Å². The Hall–Kier alpha value is -0.680. The minimum absolute atomic E-state index is 0.674. The van der Waals surface area contributed by atoms with Gasteiger partial charge in [0, 0.05) is 25.7 Å². The molecule has 13 heavy (non-hydrogen) atoms. The quantitative estimate of drug-likeness (QED) is 0.703. The van der Waals surface area contributed by atoms with E-state index in [2.05, 4.69) is 20.4 Å². The van der Waals surface area contributed by atoms with Gasteiger partial charge in [-0.05, 0) is 12.3 Å². The van der Waals surface area contributed by atoms with Gasteiger partial charge in [0.2, 0.25) is 5.13 Å². The summed E-state index contributed by atoms with van der Waals surface area (Å²) in [6.07, 6.45) is 1.30. The van der Waals surface area contributed by atoms with E-state index in [1.165, 1.54) is 13.0 Å². The van der Waals surface area contributed by atoms with E-state index in [-0.39, 0.29) is 0 Å². The lowest BCUT2D eigenvalue weighted by atomic mass is 10.1. The van der Waals surface area contributed by atoms with Crippen LogP contribution >= 0.6 is 11.3 Å². The van der Waals surface area contributed by atoms with Crippen LogP contribution in [0.4, 0.5) is 5.13 Å². The van der Waals surface area contributed by atoms with Gasteiger partial charge in [0.05, 0.1) is 0 Å². The molecule has 2 aliphatic rings. The highest BCUT2D eigenvalue weighted by Crippen LogP contribution is 2.32. The van der Waals surface area contributed by atoms with E-state index in [9.17, 15) is 0 Å². The van der Waals surface area contributed by atoms with Crippen molar-refractivity contribution >= 4 is 16.5 Å². The van der Waals surface area contributed by atoms with Gasteiger partial charge in [0.1, 0.15) is 5.51 Å². The fourth-order valence-electron chi connectivity index (χ4n) is 2.38. The predicted molar refractivity (Wildman–Crippen MR) is 52.0 cm³/mol. The van der Waals surface area contributed by atoms with E-state index in [0.717, 1.165) is 24.1 Å². The fourth-order valence-corrected chi connectivity index (χ4v) is 3.02. The first kappa shape index (κ1) is 7.70. The minimum atomic E-state index is 0.674. The van der Waals surface area contributed by atoms with Crippen LogP contribution in [0.3, 0.4) is 0 Å². The lowest BCUT2D eigenvalue weighted by molar-refractivity contribution is 0.578. The molecule has 5 heteroatoms. The lowest BCUT2D eigenvalue weighted by Gasteiger charge is -2.21. The third-order valence-corrected chi connectivity index (χ3v) is 3.77. The van der Waals surface area contributed by atoms with Crippen molar-refractivity contribution in [2.24, 2.45) is 5.92 Å². The Morgan fingerprint density at radius 2 is 2.54 bits per heavy atom. The Kier molecular flexibility index (Phi) is 1.73. The Bertz CT molecular complexity index is 286. The van der Waals surface area contributed by atoms with Gasteiger partial charge in [0.15, 0.2) is 0 Å². The predicted octanol–water partition coefficient (Wildman–Crippen LogP) is 0.336. The number of hydrogen-bond acceptors (Lipinski definition) is 5. The van der Waals surface area contributed by atoms with Crippen molar-refractivity contribution in [1.82, 2.24) is 15.5 Å². The second-order valence-corrected chi connectivity index (χ2v) is 4.50. The van der Waals surface area contributed by atoms with E-state index >= 15 is 0 Å². The maximum absolute atomic E-state index is 4.13. The number of aromatic nitrogens is 2. The van der Waals surface area contributed by atoms with Crippen LogP contribution in [0.1, 0.15) is 6.42 Å². The zero-order valence-electron chi connectivity index (χ0n) is 7.31. The maximum atomic E-state index is 4.13. The normalized spacial score (nSPS) is 32.5. The Morgan fingerprint density at radius 3 is 3.38 bits per heavy atom. The van der Waals surface area contributed by atoms with E-state index in [1.807, 2.05) is 5.51 Å². The summed E-state index contributed by atoms with van der Waals surface area (Å²) in [5, 5.41) is 12.5. The van der Waals surface area contributed by atoms with Crippen LogP contribution < -0.4 is 10.2 Å². The lowest BCUT2D eigenvalue weighted by Crippen LogP contribution is -2.33. The Labute approximate surface area is 81.0 Å². The molecule has 2 fully saturated rings. The molecule has 2 atom stereocenters. The first-order valence-electron chi connectivity index (χ1n) is 4.68. The minimum Gasteiger partial charge on any atom is -0.342 e. The van der Waals surface area contributed by atoms with Gasteiger partial charge in [-0.2, -0.15) is 0 Å². The van der Waals surface area contributed by atoms with Gasteiger partial charge in [-0.25, -0.2) is 0 Å². The third kappa shape index (κ3) is 1.14. The molecule has 2 saturated heterocycles. The zero-order chi connectivity index (χ0) is 8.67. The molecule has 0 radical (unpaired) electrons. The van der Waals surface area contributed by atoms with Crippen LogP contribution in [-0.2, 0) is 0 Å². The number of rotatable bonds is 1. The molecule has 3 rings (SSSR count). The van der Waals surface area contributed by atoms with E-state index in [0.29, 0.717) is 6.04 Å². The molecule has 1 N–H and O–H groups in total. The Balaban J connectivity index is 1.86. The standard InChI is InChI=1S/C8H12N4S/c1-2-12(8-11-10-5-13-8)7-4-9-3-6(1)7/h5-7,9H,1-4H2/t6-,7+/m0/s1. The summed E-state index contributed by atoms with van der Waals surface area (Å²) in [6, 6.07) is 0.674. The summed E-state index contributed by atoms with van der Waals surface area (Å²) in [5.41, 5.74) is 1.81. The van der Waals surface area contributed by atoms with Crippen LogP contribution in [0, 0.1) is 5.92 Å². The van der Waals surface area contributed by atoms with Crippen LogP contribution in [0.2, 0.25) is 0 Å². The van der Waals surface area contributed by atoms with Gasteiger partial charge in [-0.15, -0.1) is 10.2 Å². The molecule has 0 saturated carbocycles. The molecular weight excluding hydrogens is 184 g/mol. The van der Waals surface area contributed by atoms with Crippen molar-refractivity contribution in [2.75, 3.05) is 24.5 Å². The van der Waals surface area contributed by atoms with Crippen LogP contribution in [0.25, 0.3) is 0 Å². The molecule has 3 heterocycles. The highest BCUT2D eigenvalue weighted by Gasteiger charge is 2.38. The Morgan fingerprint density at radius 1 is 1.54 bits per heavy atom. The van der Waals surface area contributed by atoms with Gasteiger partial charge in [-0.3, -0.25) is 0 Å². The summed E-state index contributed by atoms with van der Waals surface area (Å²) in [4.78, 5) is 2.41. The topological polar surface area (TPSA) is 41.1 Å². The zero-order valence-corrected chi connectivity index (χ0v) is 8.13. The number of fused-ring (bicyclic) bond motifs is 1. The number of nitrogens with one attached hydrogen (secondary N) is 1. The molecule has 0 unspecified atom stereocenters. The second kappa shape index (κ2) is 2.92. The molecule has 70 valence electrons. The molecule has 4 nitrogen and oxygen atoms in total. The molecule has 0 amide bonds. The third-order valence-electron chi connectivity index (χ3n) is 3.04. The van der Waals surface area contributed by atoms with Crippen molar-refractivity contribution < 1.29 is 0 Å². The largest absolute Gasteiger partial charge is 0.342 e. The highest BCUT2D eigenvalue weighted by atomic mass is 32.1. The molecule has 1 aromatic rings. The molecule has 2 aliphatic heterocycles. The first-order chi connectivity index (χ1) is 6.45. The monoisotopic (exact) mass is 196 g/mol. The first-order valence-corrected chi connectivity index (χ1v) is 5.56. The van der Waals surface area contributed by atoms with E-state index in [4.69, 9.17) is 0 Å². The molecule has 0 aliphatic carbocycles. The molecule has 0 spiro atoms. The van der Waals surface area contributed by atoms with Gasteiger partial charge < -0.3 is 10.2 Å². The summed E-state index contributed by atoms with van der Waals surface area (Å²) in [7, 11) is 0. The highest BCUT2D eigenvalue weighted by molar-refractivity contribution is 7.13. The smallest absolute Gasteiger partial charge is 0.208 e. The van der Waals surface area contributed by atoms with Crippen molar-refractivity contribution in [2.45, 2.75) is 12.5 Å². The van der Waals surface area contributed by atoms with E-state index in [1.54, 1.807) is 11.3 Å². The average molecular weight is 196 g/mol. The van der Waals surface area contributed by atoms with E-state index < -0.39 is 0 Å². The van der Waals surface area contributed by atoms with Crippen molar-refractivity contribution in [3.8, 4) is 0 Å². The van der Waals surface area contributed by atoms with Crippen molar-refractivity contribution in [3.05, 3.63) is 5.51 Å². The van der Waals surface area contributed by atoms with Crippen molar-refractivity contribution in [3.63, 3.8) is 0 Å². The maximum Gasteiger partial charge on any atom is 0.208 e. The molecule has 0 aromatic carbocycles. The van der Waals surface area contributed by atoms with Gasteiger partial charge in [-0.1, -0.05) is 11.3 Å². The summed E-state index contributed by atoms with van der Waals surface area (Å²) in [5.74, 6) is 0.837. The number of nitrogens with zero attached hydrogens (tertiary/aromatic N) is 3. The second-order valence-electron chi connectivity index (χ2n) is 3.69. The average Bonchev–Trinajstić information content (AvgIpc) is 2.79. The number of hydrogen-bond donors (Lipinski definition) is 1. The molecule has 1 aromatic heterocycles. The number of anilines is 1.